The molecule has 20 heavy (non-hydrogen) atoms. The molecule has 1 saturated heterocycles. The van der Waals surface area contributed by atoms with E-state index in [0.717, 1.165) is 0 Å². The maximum Gasteiger partial charge on any atom is 0.525 e. The fraction of sp³-hybridized carbons (Fsp3) is 0.300. The van der Waals surface area contributed by atoms with Gasteiger partial charge in [-0.05, 0) is 11.6 Å². The lowest BCUT2D eigenvalue weighted by Crippen LogP contribution is -2.42. The Balaban J connectivity index is 1.94. The van der Waals surface area contributed by atoms with Crippen molar-refractivity contribution in [2.24, 2.45) is 0 Å². The van der Waals surface area contributed by atoms with Crippen LogP contribution in [-0.2, 0) is 19.1 Å². The summed E-state index contributed by atoms with van der Waals surface area (Å²) in [6.45, 7) is 0. The summed E-state index contributed by atoms with van der Waals surface area (Å²) in [5.74, 6) is -0.993. The van der Waals surface area contributed by atoms with Gasteiger partial charge in [0.1, 0.15) is 6.10 Å². The van der Waals surface area contributed by atoms with E-state index in [1.54, 1.807) is 12.1 Å². The van der Waals surface area contributed by atoms with E-state index in [9.17, 15) is 26.4 Å². The third kappa shape index (κ3) is 1.87. The molecule has 0 aromatic heterocycles. The molecule has 1 amide bonds. The number of amides is 1. The number of ether oxygens (including phenoxy) is 1. The van der Waals surface area contributed by atoms with Crippen LogP contribution in [0.25, 0.3) is 0 Å². The van der Waals surface area contributed by atoms with Crippen LogP contribution < -0.4 is 0 Å². The molecule has 0 spiro atoms. The van der Waals surface area contributed by atoms with Crippen LogP contribution in [0.15, 0.2) is 24.3 Å². The van der Waals surface area contributed by atoms with Crippen LogP contribution in [-0.4, -0.2) is 31.1 Å². The number of carbonyl (C=O) groups is 1. The Bertz CT molecular complexity index is 686. The Labute approximate surface area is 110 Å². The predicted octanol–water partition coefficient (Wildman–Crippen LogP) is 1.32. The number of fused-ring (bicyclic) bond motifs is 3. The zero-order valence-corrected chi connectivity index (χ0v) is 10.3. The third-order valence-corrected chi connectivity index (χ3v) is 3.78. The second-order valence-electron chi connectivity index (χ2n) is 4.14. The summed E-state index contributed by atoms with van der Waals surface area (Å²) in [5, 5.41) is 0.107. The molecule has 1 aromatic rings. The standard InChI is InChI=1S/C10H6F3NO5S/c11-10(12,13)20(16,17)19-14-8(15)6-4-2-1-3-5(6)7-9(14)18-7/h1-4,7,9H. The summed E-state index contributed by atoms with van der Waals surface area (Å²) in [4.78, 5) is 11.9. The van der Waals surface area contributed by atoms with Gasteiger partial charge >= 0.3 is 15.6 Å². The third-order valence-electron chi connectivity index (χ3n) is 2.86. The number of nitrogens with zero attached hydrogens (tertiary/aromatic N) is 1. The van der Waals surface area contributed by atoms with Crippen LogP contribution in [0.2, 0.25) is 0 Å². The zero-order chi connectivity index (χ0) is 14.7. The molecule has 1 fully saturated rings. The molecule has 0 N–H and O–H groups in total. The van der Waals surface area contributed by atoms with Crippen LogP contribution in [0.5, 0.6) is 0 Å². The fourth-order valence-corrected chi connectivity index (χ4v) is 2.36. The quantitative estimate of drug-likeness (QED) is 0.608. The van der Waals surface area contributed by atoms with Gasteiger partial charge in [-0.25, -0.2) is 0 Å². The highest BCUT2D eigenvalue weighted by Crippen LogP contribution is 2.47. The molecule has 2 atom stereocenters. The second kappa shape index (κ2) is 3.93. The topological polar surface area (TPSA) is 76.2 Å². The Morgan fingerprint density at radius 2 is 1.90 bits per heavy atom. The van der Waals surface area contributed by atoms with Crippen molar-refractivity contribution < 1.29 is 35.4 Å². The van der Waals surface area contributed by atoms with Gasteiger partial charge in [-0.15, -0.1) is 4.28 Å². The molecule has 2 heterocycles. The maximum atomic E-state index is 12.3. The van der Waals surface area contributed by atoms with Gasteiger partial charge in [0.25, 0.3) is 5.91 Å². The van der Waals surface area contributed by atoms with Gasteiger partial charge in [-0.1, -0.05) is 18.2 Å². The predicted molar refractivity (Wildman–Crippen MR) is 56.3 cm³/mol. The number of hydrogen-bond donors (Lipinski definition) is 0. The summed E-state index contributed by atoms with van der Waals surface area (Å²) in [6, 6.07) is 6.06. The average molecular weight is 309 g/mol. The number of alkyl halides is 3. The fourth-order valence-electron chi connectivity index (χ4n) is 1.91. The number of rotatable bonds is 2. The van der Waals surface area contributed by atoms with Crippen molar-refractivity contribution in [3.8, 4) is 0 Å². The first kappa shape index (κ1) is 13.3. The van der Waals surface area contributed by atoms with Crippen LogP contribution in [0.1, 0.15) is 22.0 Å². The smallest absolute Gasteiger partial charge is 0.340 e. The molecule has 2 aliphatic heterocycles. The first-order valence-corrected chi connectivity index (χ1v) is 6.72. The Morgan fingerprint density at radius 3 is 2.55 bits per heavy atom. The summed E-state index contributed by atoms with van der Waals surface area (Å²) in [6.07, 6.45) is -1.83. The van der Waals surface area contributed by atoms with E-state index in [0.29, 0.717) is 5.56 Å². The van der Waals surface area contributed by atoms with E-state index in [2.05, 4.69) is 4.28 Å². The Kier molecular flexibility index (Phi) is 2.62. The molecular weight excluding hydrogens is 303 g/mol. The van der Waals surface area contributed by atoms with Gasteiger partial charge in [0.15, 0.2) is 6.23 Å². The van der Waals surface area contributed by atoms with Gasteiger partial charge in [0.2, 0.25) is 0 Å². The highest BCUT2D eigenvalue weighted by atomic mass is 32.2. The van der Waals surface area contributed by atoms with Crippen molar-refractivity contribution in [3.63, 3.8) is 0 Å². The van der Waals surface area contributed by atoms with Crippen LogP contribution in [0, 0.1) is 0 Å². The Hall–Kier alpha value is -1.65. The van der Waals surface area contributed by atoms with E-state index in [-0.39, 0.29) is 10.6 Å². The molecule has 3 rings (SSSR count). The zero-order valence-electron chi connectivity index (χ0n) is 9.49. The molecule has 108 valence electrons. The summed E-state index contributed by atoms with van der Waals surface area (Å²) < 4.78 is 67.5. The van der Waals surface area contributed by atoms with Crippen LogP contribution in [0.4, 0.5) is 13.2 Å². The molecule has 0 bridgehead atoms. The molecule has 0 saturated carbocycles. The highest BCUT2D eigenvalue weighted by molar-refractivity contribution is 7.87. The summed E-state index contributed by atoms with van der Waals surface area (Å²) in [5.41, 5.74) is -5.08. The van der Waals surface area contributed by atoms with E-state index in [1.165, 1.54) is 12.1 Å². The molecule has 0 aliphatic carbocycles. The number of hydrogen-bond acceptors (Lipinski definition) is 5. The van der Waals surface area contributed by atoms with Crippen molar-refractivity contribution in [1.29, 1.82) is 0 Å². The Morgan fingerprint density at radius 1 is 1.25 bits per heavy atom. The first-order valence-electron chi connectivity index (χ1n) is 5.31. The summed E-state index contributed by atoms with van der Waals surface area (Å²) >= 11 is 0. The van der Waals surface area contributed by atoms with E-state index < -0.39 is 33.9 Å². The normalized spacial score (nSPS) is 25.1. The van der Waals surface area contributed by atoms with Crippen molar-refractivity contribution in [3.05, 3.63) is 35.4 Å². The van der Waals surface area contributed by atoms with Crippen molar-refractivity contribution in [2.45, 2.75) is 17.8 Å². The number of hydroxylamine groups is 2. The molecule has 2 aliphatic rings. The highest BCUT2D eigenvalue weighted by Gasteiger charge is 2.58. The minimum atomic E-state index is -5.91. The van der Waals surface area contributed by atoms with Crippen molar-refractivity contribution >= 4 is 16.0 Å². The van der Waals surface area contributed by atoms with Gasteiger partial charge < -0.3 is 4.74 Å². The van der Waals surface area contributed by atoms with E-state index in [4.69, 9.17) is 4.74 Å². The van der Waals surface area contributed by atoms with Gasteiger partial charge in [0, 0.05) is 5.56 Å². The molecule has 6 nitrogen and oxygen atoms in total. The minimum Gasteiger partial charge on any atom is -0.340 e. The number of benzene rings is 1. The second-order valence-corrected chi connectivity index (χ2v) is 5.66. The van der Waals surface area contributed by atoms with E-state index >= 15 is 0 Å². The number of epoxide rings is 1. The van der Waals surface area contributed by atoms with Crippen LogP contribution in [0.3, 0.4) is 0 Å². The maximum absolute atomic E-state index is 12.3. The molecule has 2 unspecified atom stereocenters. The first-order chi connectivity index (χ1) is 9.22. The average Bonchev–Trinajstić information content (AvgIpc) is 3.13. The molecule has 0 radical (unpaired) electrons. The van der Waals surface area contributed by atoms with Crippen LogP contribution >= 0.6 is 0 Å². The van der Waals surface area contributed by atoms with Gasteiger partial charge in [0.05, 0.1) is 0 Å². The summed E-state index contributed by atoms with van der Waals surface area (Å²) in [7, 11) is -5.91. The van der Waals surface area contributed by atoms with Gasteiger partial charge in [-0.2, -0.15) is 26.7 Å². The molecular formula is C10H6F3NO5S. The van der Waals surface area contributed by atoms with Crippen molar-refractivity contribution in [2.75, 3.05) is 0 Å². The minimum absolute atomic E-state index is 0.0450. The SMILES string of the molecule is O=C1c2ccccc2C2OC2N1OS(=O)(=O)C(F)(F)F. The number of halogens is 3. The number of carbonyl (C=O) groups excluding carboxylic acids is 1. The monoisotopic (exact) mass is 309 g/mol. The van der Waals surface area contributed by atoms with Gasteiger partial charge in [-0.3, -0.25) is 4.79 Å². The van der Waals surface area contributed by atoms with E-state index in [1.807, 2.05) is 0 Å². The molecule has 1 aromatic carbocycles. The lowest BCUT2D eigenvalue weighted by Gasteiger charge is -2.23. The lowest BCUT2D eigenvalue weighted by molar-refractivity contribution is -0.0984. The van der Waals surface area contributed by atoms with Crippen molar-refractivity contribution in [1.82, 2.24) is 5.06 Å². The largest absolute Gasteiger partial charge is 0.525 e. The lowest BCUT2D eigenvalue weighted by atomic mass is 10.0. The molecule has 10 heteroatoms.